The van der Waals surface area contributed by atoms with Crippen LogP contribution in [0.3, 0.4) is 0 Å². The Morgan fingerprint density at radius 1 is 1.19 bits per heavy atom. The average molecular weight is 468 g/mol. The number of ether oxygens (including phenoxy) is 1. The van der Waals surface area contributed by atoms with Crippen molar-refractivity contribution in [3.8, 4) is 0 Å². The van der Waals surface area contributed by atoms with Crippen LogP contribution in [0.4, 0.5) is 19.0 Å². The van der Waals surface area contributed by atoms with Gasteiger partial charge in [-0.2, -0.15) is 13.2 Å². The summed E-state index contributed by atoms with van der Waals surface area (Å²) in [6.45, 7) is 0. The lowest BCUT2D eigenvalue weighted by Crippen LogP contribution is -2.69. The second-order valence-corrected chi connectivity index (χ2v) is 6.54. The number of nitrogens with one attached hydrogen (secondary N) is 3. The number of carbonyl (C=O) groups excluding carboxylic acids is 2. The molecule has 2 aromatic rings. The number of methoxy groups -OCH3 is 1. The molecule has 27 heavy (non-hydrogen) atoms. The van der Waals surface area contributed by atoms with E-state index in [0.29, 0.717) is 4.47 Å². The first-order valence-electron chi connectivity index (χ1n) is 7.28. The Balaban J connectivity index is 2.50. The monoisotopic (exact) mass is 466 g/mol. The van der Waals surface area contributed by atoms with E-state index in [9.17, 15) is 22.8 Å². The molecule has 0 aliphatic carbocycles. The van der Waals surface area contributed by atoms with Crippen molar-refractivity contribution in [3.05, 3.63) is 57.7 Å². The Hall–Kier alpha value is -2.33. The van der Waals surface area contributed by atoms with E-state index in [4.69, 9.17) is 11.6 Å². The van der Waals surface area contributed by atoms with Gasteiger partial charge in [-0.25, -0.2) is 15.1 Å². The lowest BCUT2D eigenvalue weighted by molar-refractivity contribution is -0.363. The molecule has 2 rings (SSSR count). The molecule has 0 fully saturated rings. The number of amides is 1. The van der Waals surface area contributed by atoms with Gasteiger partial charge in [-0.1, -0.05) is 23.7 Å². The first-order chi connectivity index (χ1) is 12.6. The molecule has 1 amide bonds. The van der Waals surface area contributed by atoms with Crippen LogP contribution in [0, 0.1) is 0 Å². The van der Waals surface area contributed by atoms with Crippen molar-refractivity contribution in [1.82, 2.24) is 5.32 Å². The zero-order chi connectivity index (χ0) is 20.2. The molecule has 144 valence electrons. The van der Waals surface area contributed by atoms with E-state index >= 15 is 0 Å². The molecule has 3 N–H and O–H groups in total. The molecule has 0 unspecified atom stereocenters. The molecule has 0 aliphatic rings. The van der Waals surface area contributed by atoms with Gasteiger partial charge >= 0.3 is 17.8 Å². The molecule has 0 radical (unpaired) electrons. The van der Waals surface area contributed by atoms with Crippen molar-refractivity contribution < 1.29 is 32.5 Å². The van der Waals surface area contributed by atoms with Gasteiger partial charge in [-0.15, -0.1) is 0 Å². The van der Waals surface area contributed by atoms with E-state index in [1.165, 1.54) is 42.6 Å². The van der Waals surface area contributed by atoms with Gasteiger partial charge in [0, 0.05) is 6.07 Å². The number of H-pyrrole nitrogens is 1. The molecule has 1 aromatic carbocycles. The third-order valence-electron chi connectivity index (χ3n) is 3.43. The van der Waals surface area contributed by atoms with Crippen LogP contribution in [0.15, 0.2) is 47.1 Å². The molecular formula is C16H13BrClF3N3O3+. The van der Waals surface area contributed by atoms with Gasteiger partial charge in [0.05, 0.1) is 22.2 Å². The minimum Gasteiger partial charge on any atom is -0.464 e. The topological polar surface area (TPSA) is 81.6 Å². The normalized spacial score (nSPS) is 13.4. The Bertz CT molecular complexity index is 849. The van der Waals surface area contributed by atoms with Gasteiger partial charge in [0.1, 0.15) is 6.20 Å². The Morgan fingerprint density at radius 3 is 2.37 bits per heavy atom. The van der Waals surface area contributed by atoms with Crippen molar-refractivity contribution in [2.24, 2.45) is 0 Å². The molecule has 0 aliphatic heterocycles. The van der Waals surface area contributed by atoms with Crippen molar-refractivity contribution in [3.63, 3.8) is 0 Å². The van der Waals surface area contributed by atoms with Crippen LogP contribution in [-0.2, 0) is 9.53 Å². The molecule has 11 heteroatoms. The van der Waals surface area contributed by atoms with Gasteiger partial charge in [-0.3, -0.25) is 10.1 Å². The van der Waals surface area contributed by atoms with Crippen molar-refractivity contribution >= 4 is 45.2 Å². The molecule has 0 bridgehead atoms. The average Bonchev–Trinajstić information content (AvgIpc) is 2.61. The minimum atomic E-state index is -5.25. The molecule has 6 nitrogen and oxygen atoms in total. The summed E-state index contributed by atoms with van der Waals surface area (Å²) in [4.78, 5) is 27.1. The number of aromatic nitrogens is 1. The number of anilines is 1. The number of benzene rings is 1. The molecule has 1 aromatic heterocycles. The summed E-state index contributed by atoms with van der Waals surface area (Å²) in [6.07, 6.45) is -3.91. The Kier molecular flexibility index (Phi) is 6.32. The van der Waals surface area contributed by atoms with E-state index in [2.05, 4.69) is 25.7 Å². The van der Waals surface area contributed by atoms with Gasteiger partial charge in [0.15, 0.2) is 0 Å². The fourth-order valence-electron chi connectivity index (χ4n) is 2.11. The summed E-state index contributed by atoms with van der Waals surface area (Å²) in [7, 11) is 0.775. The van der Waals surface area contributed by atoms with Crippen molar-refractivity contribution in [2.75, 3.05) is 12.4 Å². The standard InChI is InChI=1S/C16H12BrClF3N3O3/c1-27-14(26)15(16(19,20)21,23-12-7-6-9(17)8-22-12)24-13(25)10-4-2-3-5-11(10)18/h2-8H,1H3,(H,22,23)(H,24,25)/p+1/t15-/m1/s1. The van der Waals surface area contributed by atoms with Gasteiger partial charge in [-0.05, 0) is 34.1 Å². The fourth-order valence-corrected chi connectivity index (χ4v) is 2.58. The van der Waals surface area contributed by atoms with Gasteiger partial charge in [0.25, 0.3) is 11.7 Å². The molecule has 0 spiro atoms. The number of carbonyl (C=O) groups is 2. The summed E-state index contributed by atoms with van der Waals surface area (Å²) in [6, 6.07) is 8.17. The smallest absolute Gasteiger partial charge is 0.464 e. The highest BCUT2D eigenvalue weighted by Crippen LogP contribution is 2.33. The highest BCUT2D eigenvalue weighted by atomic mass is 79.9. The van der Waals surface area contributed by atoms with Crippen LogP contribution < -0.4 is 15.6 Å². The van der Waals surface area contributed by atoms with Crippen LogP contribution in [0.1, 0.15) is 10.4 Å². The van der Waals surface area contributed by atoms with E-state index in [1.807, 2.05) is 5.32 Å². The summed E-state index contributed by atoms with van der Waals surface area (Å²) in [5, 5.41) is 3.58. The predicted molar refractivity (Wildman–Crippen MR) is 94.0 cm³/mol. The second-order valence-electron chi connectivity index (χ2n) is 5.22. The highest BCUT2D eigenvalue weighted by molar-refractivity contribution is 9.10. The first-order valence-corrected chi connectivity index (χ1v) is 8.45. The lowest BCUT2D eigenvalue weighted by Gasteiger charge is -2.30. The number of pyridine rings is 1. The largest absolute Gasteiger partial charge is 0.464 e. The number of rotatable bonds is 5. The third kappa shape index (κ3) is 4.51. The van der Waals surface area contributed by atoms with Crippen LogP contribution in [0.5, 0.6) is 0 Å². The number of halogens is 5. The number of hydrogen-bond donors (Lipinski definition) is 2. The molecule has 0 saturated carbocycles. The highest BCUT2D eigenvalue weighted by Gasteiger charge is 2.67. The summed E-state index contributed by atoms with van der Waals surface area (Å²) >= 11 is 8.99. The van der Waals surface area contributed by atoms with Gasteiger partial charge < -0.3 is 4.74 Å². The maximum atomic E-state index is 13.9. The molecule has 1 heterocycles. The summed E-state index contributed by atoms with van der Waals surface area (Å²) in [5.74, 6) is -3.17. The number of hydrogen-bond acceptors (Lipinski definition) is 4. The third-order valence-corrected chi connectivity index (χ3v) is 4.26. The number of alkyl halides is 3. The van der Waals surface area contributed by atoms with E-state index in [1.54, 1.807) is 5.32 Å². The molecule has 0 saturated heterocycles. The molecule has 1 atom stereocenters. The van der Waals surface area contributed by atoms with E-state index < -0.39 is 23.7 Å². The van der Waals surface area contributed by atoms with Crippen LogP contribution >= 0.6 is 27.5 Å². The lowest BCUT2D eigenvalue weighted by atomic mass is 10.1. The fraction of sp³-hybridized carbons (Fsp3) is 0.188. The van der Waals surface area contributed by atoms with Crippen LogP contribution in [0.2, 0.25) is 5.02 Å². The zero-order valence-electron chi connectivity index (χ0n) is 13.7. The zero-order valence-corrected chi connectivity index (χ0v) is 16.0. The number of esters is 1. The van der Waals surface area contributed by atoms with Crippen LogP contribution in [0.25, 0.3) is 0 Å². The quantitative estimate of drug-likeness (QED) is 0.523. The van der Waals surface area contributed by atoms with Crippen LogP contribution in [-0.4, -0.2) is 30.8 Å². The Labute approximate surface area is 165 Å². The minimum absolute atomic E-state index is 0.0776. The maximum Gasteiger partial charge on any atom is 0.464 e. The maximum absolute atomic E-state index is 13.9. The number of aromatic amines is 1. The Morgan fingerprint density at radius 2 is 1.85 bits per heavy atom. The first kappa shape index (κ1) is 21.0. The van der Waals surface area contributed by atoms with E-state index in [-0.39, 0.29) is 16.4 Å². The summed E-state index contributed by atoms with van der Waals surface area (Å²) < 4.78 is 46.6. The van der Waals surface area contributed by atoms with E-state index in [0.717, 1.165) is 7.11 Å². The SMILES string of the molecule is COC(=O)[C@](NC(=O)c1ccccc1Cl)(Nc1ccc(Br)c[nH+]1)C(F)(F)F. The molecular weight excluding hydrogens is 455 g/mol. The summed E-state index contributed by atoms with van der Waals surface area (Å²) in [5.41, 5.74) is -3.79. The van der Waals surface area contributed by atoms with Gasteiger partial charge in [0.2, 0.25) is 0 Å². The van der Waals surface area contributed by atoms with Crippen molar-refractivity contribution in [2.45, 2.75) is 11.8 Å². The second kappa shape index (κ2) is 8.13. The predicted octanol–water partition coefficient (Wildman–Crippen LogP) is 3.19. The van der Waals surface area contributed by atoms with Crippen molar-refractivity contribution in [1.29, 1.82) is 0 Å².